The van der Waals surface area contributed by atoms with E-state index in [1.54, 1.807) is 12.1 Å². The number of rotatable bonds is 6. The molecule has 0 aromatic heterocycles. The van der Waals surface area contributed by atoms with E-state index in [0.29, 0.717) is 11.3 Å². The van der Waals surface area contributed by atoms with Crippen molar-refractivity contribution in [2.24, 2.45) is 0 Å². The number of hydrogen-bond acceptors (Lipinski definition) is 3. The van der Waals surface area contributed by atoms with Gasteiger partial charge in [0, 0.05) is 6.07 Å². The molecule has 0 N–H and O–H groups in total. The van der Waals surface area contributed by atoms with Crippen LogP contribution in [0.3, 0.4) is 0 Å². The summed E-state index contributed by atoms with van der Waals surface area (Å²) < 4.78 is 6.29. The van der Waals surface area contributed by atoms with Gasteiger partial charge in [0.2, 0.25) is 8.32 Å². The molecule has 0 bridgehead atoms. The molecular weight excluding hydrogens is 282 g/mol. The van der Waals surface area contributed by atoms with Gasteiger partial charge in [-0.05, 0) is 30.6 Å². The lowest BCUT2D eigenvalue weighted by Gasteiger charge is -2.29. The van der Waals surface area contributed by atoms with E-state index in [0.717, 1.165) is 18.9 Å². The number of nitro groups is 1. The highest BCUT2D eigenvalue weighted by atomic mass is 28.4. The van der Waals surface area contributed by atoms with Crippen LogP contribution in [0.1, 0.15) is 46.1 Å². The van der Waals surface area contributed by atoms with Gasteiger partial charge < -0.3 is 4.43 Å². The summed E-state index contributed by atoms with van der Waals surface area (Å²) in [7, 11) is -1.86. The predicted octanol–water partition coefficient (Wildman–Crippen LogP) is 5.28. The maximum absolute atomic E-state index is 11.3. The molecule has 0 saturated carbocycles. The Hall–Kier alpha value is -1.36. The Morgan fingerprint density at radius 2 is 1.90 bits per heavy atom. The van der Waals surface area contributed by atoms with Crippen molar-refractivity contribution in [3.63, 3.8) is 0 Å². The van der Waals surface area contributed by atoms with Gasteiger partial charge in [0.1, 0.15) is 5.75 Å². The third kappa shape index (κ3) is 4.84. The molecule has 0 radical (unpaired) electrons. The molecule has 0 aliphatic heterocycles. The number of benzene rings is 1. The summed E-state index contributed by atoms with van der Waals surface area (Å²) in [4.78, 5) is 11.0. The lowest BCUT2D eigenvalue weighted by molar-refractivity contribution is -0.386. The first-order valence-electron chi connectivity index (χ1n) is 7.55. The molecule has 1 aromatic carbocycles. The van der Waals surface area contributed by atoms with Crippen LogP contribution in [0.15, 0.2) is 18.2 Å². The highest BCUT2D eigenvalue weighted by molar-refractivity contribution is 6.71. The summed E-state index contributed by atoms with van der Waals surface area (Å²) in [6.07, 6.45) is 2.28. The summed E-state index contributed by atoms with van der Waals surface area (Å²) in [5, 5.41) is 11.3. The van der Waals surface area contributed by atoms with E-state index in [9.17, 15) is 10.1 Å². The van der Waals surface area contributed by atoms with E-state index in [1.807, 2.05) is 26.8 Å². The highest BCUT2D eigenvalue weighted by Gasteiger charge is 2.32. The average molecular weight is 309 g/mol. The monoisotopic (exact) mass is 309 g/mol. The largest absolute Gasteiger partial charge is 0.544 e. The molecule has 0 fully saturated rings. The van der Waals surface area contributed by atoms with Gasteiger partial charge in [0.05, 0.1) is 10.5 Å². The second kappa shape index (κ2) is 6.60. The van der Waals surface area contributed by atoms with Gasteiger partial charge in [0.25, 0.3) is 5.69 Å². The lowest BCUT2D eigenvalue weighted by atomic mass is 9.85. The van der Waals surface area contributed by atoms with E-state index in [2.05, 4.69) is 20.0 Å². The topological polar surface area (TPSA) is 52.4 Å². The molecule has 0 aliphatic carbocycles. The highest BCUT2D eigenvalue weighted by Crippen LogP contribution is 2.39. The molecule has 0 unspecified atom stereocenters. The van der Waals surface area contributed by atoms with Crippen molar-refractivity contribution in [3.8, 4) is 5.75 Å². The van der Waals surface area contributed by atoms with Crippen LogP contribution in [0.4, 0.5) is 5.69 Å². The lowest BCUT2D eigenvalue weighted by Crippen LogP contribution is -2.35. The summed E-state index contributed by atoms with van der Waals surface area (Å²) in [6, 6.07) is 6.21. The molecular formula is C16H27NO3Si. The summed E-state index contributed by atoms with van der Waals surface area (Å²) in [5.74, 6) is 0.685. The zero-order chi connectivity index (χ0) is 16.3. The molecule has 0 amide bonds. The van der Waals surface area contributed by atoms with Crippen LogP contribution in [0, 0.1) is 10.1 Å². The second-order valence-electron chi connectivity index (χ2n) is 7.12. The Kier molecular flexibility index (Phi) is 5.56. The van der Waals surface area contributed by atoms with Crippen molar-refractivity contribution >= 4 is 14.0 Å². The first-order chi connectivity index (χ1) is 9.58. The van der Waals surface area contributed by atoms with Crippen LogP contribution in [0.25, 0.3) is 0 Å². The van der Waals surface area contributed by atoms with Gasteiger partial charge in [-0.2, -0.15) is 0 Å². The Morgan fingerprint density at radius 3 is 2.38 bits per heavy atom. The van der Waals surface area contributed by atoms with Gasteiger partial charge in [-0.15, -0.1) is 0 Å². The van der Waals surface area contributed by atoms with Crippen molar-refractivity contribution in [1.82, 2.24) is 0 Å². The first-order valence-corrected chi connectivity index (χ1v) is 10.7. The van der Waals surface area contributed by atoms with Crippen molar-refractivity contribution in [3.05, 3.63) is 33.9 Å². The quantitative estimate of drug-likeness (QED) is 0.408. The molecule has 21 heavy (non-hydrogen) atoms. The fraction of sp³-hybridized carbons (Fsp3) is 0.625. The third-order valence-electron chi connectivity index (χ3n) is 3.47. The molecule has 118 valence electrons. The van der Waals surface area contributed by atoms with Gasteiger partial charge in [-0.1, -0.05) is 46.6 Å². The van der Waals surface area contributed by atoms with E-state index < -0.39 is 8.32 Å². The number of nitro benzene ring substituents is 1. The normalized spacial score (nSPS) is 12.3. The summed E-state index contributed by atoms with van der Waals surface area (Å²) >= 11 is 0. The SMILES string of the molecule is CCCC[Si](C)(C)Oc1cccc([N+](=O)[O-])c1C(C)(C)C. The maximum Gasteiger partial charge on any atom is 0.276 e. The Morgan fingerprint density at radius 1 is 1.29 bits per heavy atom. The fourth-order valence-corrected chi connectivity index (χ4v) is 4.53. The molecule has 0 aliphatic rings. The maximum atomic E-state index is 11.3. The van der Waals surface area contributed by atoms with Crippen molar-refractivity contribution in [1.29, 1.82) is 0 Å². The summed E-state index contributed by atoms with van der Waals surface area (Å²) in [6.45, 7) is 12.5. The van der Waals surface area contributed by atoms with E-state index >= 15 is 0 Å². The second-order valence-corrected chi connectivity index (χ2v) is 11.3. The predicted molar refractivity (Wildman–Crippen MR) is 89.6 cm³/mol. The van der Waals surface area contributed by atoms with Gasteiger partial charge >= 0.3 is 0 Å². The Labute approximate surface area is 128 Å². The number of unbranched alkanes of at least 4 members (excludes halogenated alkanes) is 1. The number of hydrogen-bond donors (Lipinski definition) is 0. The molecule has 0 heterocycles. The fourth-order valence-electron chi connectivity index (χ4n) is 2.46. The van der Waals surface area contributed by atoms with Crippen LogP contribution in [-0.2, 0) is 5.41 Å². The van der Waals surface area contributed by atoms with Gasteiger partial charge in [0.15, 0.2) is 0 Å². The van der Waals surface area contributed by atoms with E-state index in [-0.39, 0.29) is 16.0 Å². The van der Waals surface area contributed by atoms with E-state index in [1.165, 1.54) is 0 Å². The minimum Gasteiger partial charge on any atom is -0.544 e. The summed E-state index contributed by atoms with van der Waals surface area (Å²) in [5.41, 5.74) is 0.529. The minimum atomic E-state index is -1.86. The molecule has 0 saturated heterocycles. The molecule has 4 nitrogen and oxygen atoms in total. The average Bonchev–Trinajstić information content (AvgIpc) is 2.34. The van der Waals surface area contributed by atoms with Crippen molar-refractivity contribution in [2.75, 3.05) is 0 Å². The molecule has 0 atom stereocenters. The standard InChI is InChI=1S/C16H27NO3Si/c1-7-8-12-21(5,6)20-14-11-9-10-13(17(18)19)15(14)16(2,3)4/h9-11H,7-8,12H2,1-6H3. The van der Waals surface area contributed by atoms with Gasteiger partial charge in [-0.25, -0.2) is 0 Å². The van der Waals surface area contributed by atoms with Crippen LogP contribution in [-0.4, -0.2) is 13.2 Å². The Bertz CT molecular complexity index is 507. The minimum absolute atomic E-state index is 0.153. The van der Waals surface area contributed by atoms with E-state index in [4.69, 9.17) is 4.43 Å². The van der Waals surface area contributed by atoms with Gasteiger partial charge in [-0.3, -0.25) is 10.1 Å². The number of nitrogens with zero attached hydrogens (tertiary/aromatic N) is 1. The van der Waals surface area contributed by atoms with Crippen molar-refractivity contribution < 1.29 is 9.35 Å². The Balaban J connectivity index is 3.24. The van der Waals surface area contributed by atoms with Crippen LogP contribution < -0.4 is 4.43 Å². The molecule has 1 aromatic rings. The van der Waals surface area contributed by atoms with Crippen molar-refractivity contribution in [2.45, 2.75) is 65.1 Å². The molecule has 0 spiro atoms. The zero-order valence-electron chi connectivity index (χ0n) is 14.0. The first kappa shape index (κ1) is 17.7. The van der Waals surface area contributed by atoms with Crippen LogP contribution in [0.5, 0.6) is 5.75 Å². The molecule has 5 heteroatoms. The third-order valence-corrected chi connectivity index (χ3v) is 5.80. The van der Waals surface area contributed by atoms with Crippen LogP contribution in [0.2, 0.25) is 19.1 Å². The molecule has 1 rings (SSSR count). The van der Waals surface area contributed by atoms with Crippen LogP contribution >= 0.6 is 0 Å². The smallest absolute Gasteiger partial charge is 0.276 e. The zero-order valence-corrected chi connectivity index (χ0v) is 15.0.